The van der Waals surface area contributed by atoms with E-state index in [9.17, 15) is 13.2 Å². The van der Waals surface area contributed by atoms with E-state index in [4.69, 9.17) is 0 Å². The first-order chi connectivity index (χ1) is 9.88. The first-order valence-corrected chi connectivity index (χ1v) is 8.95. The van der Waals surface area contributed by atoms with Crippen molar-refractivity contribution in [2.45, 2.75) is 0 Å². The molecule has 112 valence electrons. The van der Waals surface area contributed by atoms with Gasteiger partial charge >= 0.3 is 0 Å². The summed E-state index contributed by atoms with van der Waals surface area (Å²) in [5, 5.41) is 4.73. The van der Waals surface area contributed by atoms with Crippen LogP contribution in [0.4, 0.5) is 5.69 Å². The predicted molar refractivity (Wildman–Crippen MR) is 85.9 cm³/mol. The third-order valence-corrected chi connectivity index (χ3v) is 5.08. The van der Waals surface area contributed by atoms with Gasteiger partial charge in [-0.2, -0.15) is 4.31 Å². The van der Waals surface area contributed by atoms with E-state index in [1.165, 1.54) is 7.05 Å². The first-order valence-electron chi connectivity index (χ1n) is 6.22. The topological polar surface area (TPSA) is 66.5 Å². The van der Waals surface area contributed by atoms with E-state index < -0.39 is 10.0 Å². The number of amides is 1. The minimum absolute atomic E-state index is 0.211. The summed E-state index contributed by atoms with van der Waals surface area (Å²) in [5.41, 5.74) is 1.59. The van der Waals surface area contributed by atoms with Crippen LogP contribution in [0.2, 0.25) is 0 Å². The molecule has 2 rings (SSSR count). The van der Waals surface area contributed by atoms with Crippen molar-refractivity contribution in [2.24, 2.45) is 0 Å². The van der Waals surface area contributed by atoms with Gasteiger partial charge in [-0.3, -0.25) is 4.79 Å². The first kappa shape index (κ1) is 15.7. The Balaban J connectivity index is 2.16. The summed E-state index contributed by atoms with van der Waals surface area (Å²) in [4.78, 5) is 13.0. The van der Waals surface area contributed by atoms with Crippen LogP contribution in [0.3, 0.4) is 0 Å². The standard InChI is InChI=1S/C14H16N2O3S2/c1-16(21(2,18)19)10-14(17)15-12-7-4-3-6-11(12)13-8-5-9-20-13/h3-9H,10H2,1-2H3,(H,15,17). The molecule has 0 unspecified atom stereocenters. The fraction of sp³-hybridized carbons (Fsp3) is 0.214. The highest BCUT2D eigenvalue weighted by atomic mass is 32.2. The molecule has 0 fully saturated rings. The van der Waals surface area contributed by atoms with Crippen molar-refractivity contribution in [3.05, 3.63) is 41.8 Å². The molecule has 1 N–H and O–H groups in total. The second-order valence-corrected chi connectivity index (χ2v) is 7.63. The average Bonchev–Trinajstić information content (AvgIpc) is 2.91. The molecule has 21 heavy (non-hydrogen) atoms. The summed E-state index contributed by atoms with van der Waals surface area (Å²) in [6.07, 6.45) is 1.07. The van der Waals surface area contributed by atoms with Gasteiger partial charge in [0.2, 0.25) is 15.9 Å². The summed E-state index contributed by atoms with van der Waals surface area (Å²) in [6, 6.07) is 11.4. The van der Waals surface area contributed by atoms with Crippen molar-refractivity contribution in [2.75, 3.05) is 25.2 Å². The van der Waals surface area contributed by atoms with Gasteiger partial charge < -0.3 is 5.32 Å². The zero-order valence-electron chi connectivity index (χ0n) is 11.7. The molecule has 0 bridgehead atoms. The Morgan fingerprint density at radius 1 is 1.24 bits per heavy atom. The number of benzene rings is 1. The molecule has 1 aromatic carbocycles. The van der Waals surface area contributed by atoms with Gasteiger partial charge in [0.05, 0.1) is 12.8 Å². The van der Waals surface area contributed by atoms with Gasteiger partial charge in [0, 0.05) is 23.2 Å². The molecule has 0 spiro atoms. The number of nitrogens with one attached hydrogen (secondary N) is 1. The van der Waals surface area contributed by atoms with E-state index in [-0.39, 0.29) is 12.5 Å². The summed E-state index contributed by atoms with van der Waals surface area (Å²) in [7, 11) is -1.99. The zero-order valence-corrected chi connectivity index (χ0v) is 13.4. The largest absolute Gasteiger partial charge is 0.324 e. The van der Waals surface area contributed by atoms with Gasteiger partial charge in [-0.25, -0.2) is 8.42 Å². The lowest BCUT2D eigenvalue weighted by Gasteiger charge is -2.15. The van der Waals surface area contributed by atoms with Crippen molar-refractivity contribution < 1.29 is 13.2 Å². The molecular weight excluding hydrogens is 308 g/mol. The number of carbonyl (C=O) groups is 1. The smallest absolute Gasteiger partial charge is 0.239 e. The number of nitrogens with zero attached hydrogens (tertiary/aromatic N) is 1. The van der Waals surface area contributed by atoms with E-state index in [1.54, 1.807) is 17.4 Å². The molecule has 0 radical (unpaired) electrons. The maximum Gasteiger partial charge on any atom is 0.239 e. The molecule has 1 aromatic heterocycles. The summed E-state index contributed by atoms with van der Waals surface area (Å²) >= 11 is 1.58. The number of sulfonamides is 1. The van der Waals surface area contributed by atoms with Crippen molar-refractivity contribution >= 4 is 33.0 Å². The van der Waals surface area contributed by atoms with Gasteiger partial charge in [-0.15, -0.1) is 11.3 Å². The fourth-order valence-electron chi connectivity index (χ4n) is 1.75. The molecule has 0 aliphatic carbocycles. The van der Waals surface area contributed by atoms with Gasteiger partial charge in [-0.05, 0) is 17.5 Å². The maximum atomic E-state index is 12.0. The number of hydrogen-bond acceptors (Lipinski definition) is 4. The van der Waals surface area contributed by atoms with Crippen LogP contribution in [-0.4, -0.2) is 38.5 Å². The summed E-state index contributed by atoms with van der Waals surface area (Å²) in [6.45, 7) is -0.211. The van der Waals surface area contributed by atoms with Crippen molar-refractivity contribution in [3.63, 3.8) is 0 Å². The number of rotatable bonds is 5. The lowest BCUT2D eigenvalue weighted by atomic mass is 10.1. The number of anilines is 1. The fourth-order valence-corrected chi connectivity index (χ4v) is 2.87. The zero-order chi connectivity index (χ0) is 15.5. The molecule has 7 heteroatoms. The second-order valence-electron chi connectivity index (χ2n) is 4.59. The number of para-hydroxylation sites is 1. The Labute approximate surface area is 128 Å². The van der Waals surface area contributed by atoms with Crippen LogP contribution in [0.25, 0.3) is 10.4 Å². The van der Waals surface area contributed by atoms with Crippen molar-refractivity contribution in [1.82, 2.24) is 4.31 Å². The molecule has 0 saturated heterocycles. The Morgan fingerprint density at radius 2 is 1.95 bits per heavy atom. The summed E-state index contributed by atoms with van der Waals surface area (Å²) < 4.78 is 23.7. The minimum Gasteiger partial charge on any atom is -0.324 e. The lowest BCUT2D eigenvalue weighted by Crippen LogP contribution is -2.34. The Kier molecular flexibility index (Phi) is 4.76. The molecule has 5 nitrogen and oxygen atoms in total. The lowest BCUT2D eigenvalue weighted by molar-refractivity contribution is -0.116. The predicted octanol–water partition coefficient (Wildman–Crippen LogP) is 2.25. The van der Waals surface area contributed by atoms with Crippen LogP contribution in [-0.2, 0) is 14.8 Å². The molecule has 2 aromatic rings. The third kappa shape index (κ3) is 4.13. The van der Waals surface area contributed by atoms with Gasteiger partial charge in [-0.1, -0.05) is 24.3 Å². The SMILES string of the molecule is CN(CC(=O)Nc1ccccc1-c1cccs1)S(C)(=O)=O. The Hall–Kier alpha value is -1.70. The van der Waals surface area contributed by atoms with E-state index in [0.29, 0.717) is 5.69 Å². The molecular formula is C14H16N2O3S2. The van der Waals surface area contributed by atoms with Crippen LogP contribution in [0, 0.1) is 0 Å². The monoisotopic (exact) mass is 324 g/mol. The highest BCUT2D eigenvalue weighted by Crippen LogP contribution is 2.31. The van der Waals surface area contributed by atoms with Crippen LogP contribution >= 0.6 is 11.3 Å². The Morgan fingerprint density at radius 3 is 2.57 bits per heavy atom. The molecule has 0 aliphatic heterocycles. The summed E-state index contributed by atoms with van der Waals surface area (Å²) in [5.74, 6) is -0.369. The maximum absolute atomic E-state index is 12.0. The van der Waals surface area contributed by atoms with E-state index in [2.05, 4.69) is 5.32 Å². The van der Waals surface area contributed by atoms with Crippen LogP contribution < -0.4 is 5.32 Å². The van der Waals surface area contributed by atoms with Gasteiger partial charge in [0.25, 0.3) is 0 Å². The van der Waals surface area contributed by atoms with Crippen molar-refractivity contribution in [3.8, 4) is 10.4 Å². The molecule has 0 saturated carbocycles. The highest BCUT2D eigenvalue weighted by molar-refractivity contribution is 7.88. The second kappa shape index (κ2) is 6.38. The molecule has 1 amide bonds. The van der Waals surface area contributed by atoms with Crippen LogP contribution in [0.1, 0.15) is 0 Å². The number of likely N-dealkylation sites (N-methyl/N-ethyl adjacent to an activating group) is 1. The third-order valence-electron chi connectivity index (χ3n) is 2.92. The molecule has 1 heterocycles. The van der Waals surface area contributed by atoms with E-state index in [0.717, 1.165) is 21.0 Å². The van der Waals surface area contributed by atoms with Crippen LogP contribution in [0.15, 0.2) is 41.8 Å². The molecule has 0 atom stereocenters. The number of carbonyl (C=O) groups excluding carboxylic acids is 1. The number of hydrogen-bond donors (Lipinski definition) is 1. The normalized spacial score (nSPS) is 11.6. The minimum atomic E-state index is -3.37. The quantitative estimate of drug-likeness (QED) is 0.917. The van der Waals surface area contributed by atoms with Crippen molar-refractivity contribution in [1.29, 1.82) is 0 Å². The van der Waals surface area contributed by atoms with E-state index in [1.807, 2.05) is 35.7 Å². The van der Waals surface area contributed by atoms with E-state index >= 15 is 0 Å². The van der Waals surface area contributed by atoms with Crippen LogP contribution in [0.5, 0.6) is 0 Å². The van der Waals surface area contributed by atoms with Gasteiger partial charge in [0.15, 0.2) is 0 Å². The highest BCUT2D eigenvalue weighted by Gasteiger charge is 2.16. The molecule has 0 aliphatic rings. The average molecular weight is 324 g/mol. The van der Waals surface area contributed by atoms with Gasteiger partial charge in [0.1, 0.15) is 0 Å². The number of thiophene rings is 1. The Bertz CT molecular complexity index is 724.